The zero-order chi connectivity index (χ0) is 8.81. The van der Waals surface area contributed by atoms with Crippen LogP contribution in [0.2, 0.25) is 0 Å². The lowest BCUT2D eigenvalue weighted by molar-refractivity contribution is 0.271. The molecule has 0 amide bonds. The second-order valence-corrected chi connectivity index (χ2v) is 2.77. The molecule has 1 aromatic rings. The number of diazo groups is 1. The van der Waals surface area contributed by atoms with Gasteiger partial charge in [-0.3, -0.25) is 0 Å². The molecular formula is C7H8N3OS+. The average Bonchev–Trinajstić information content (AvgIpc) is 2.15. The van der Waals surface area contributed by atoms with E-state index in [1.807, 2.05) is 0 Å². The van der Waals surface area contributed by atoms with Gasteiger partial charge in [0.1, 0.15) is 0 Å². The summed E-state index contributed by atoms with van der Waals surface area (Å²) in [7, 11) is 1.68. The van der Waals surface area contributed by atoms with Crippen LogP contribution in [-0.4, -0.2) is 7.05 Å². The highest BCUT2D eigenvalue weighted by atomic mass is 32.2. The van der Waals surface area contributed by atoms with Gasteiger partial charge in [0.05, 0.1) is 12.0 Å². The predicted octanol–water partition coefficient (Wildman–Crippen LogP) is 2.33. The molecule has 0 heterocycles. The van der Waals surface area contributed by atoms with Crippen molar-refractivity contribution in [2.24, 2.45) is 0 Å². The van der Waals surface area contributed by atoms with Crippen molar-refractivity contribution in [2.45, 2.75) is 4.90 Å². The van der Waals surface area contributed by atoms with Crippen molar-refractivity contribution in [1.29, 1.82) is 5.39 Å². The second kappa shape index (κ2) is 4.72. The number of nitrogens with one attached hydrogen (secondary N) is 1. The largest absolute Gasteiger partial charge is 0.385 e. The average molecular weight is 182 g/mol. The monoisotopic (exact) mass is 182 g/mol. The number of nitrogens with zero attached hydrogens (tertiary/aromatic N) is 2. The Kier molecular flexibility index (Phi) is 3.54. The first-order chi connectivity index (χ1) is 5.86. The van der Waals surface area contributed by atoms with Gasteiger partial charge in [-0.05, 0) is 12.1 Å². The van der Waals surface area contributed by atoms with Crippen LogP contribution in [0.5, 0.6) is 0 Å². The lowest BCUT2D eigenvalue weighted by atomic mass is 10.3. The van der Waals surface area contributed by atoms with Gasteiger partial charge >= 0.3 is 5.69 Å². The molecule has 0 aromatic heterocycles. The van der Waals surface area contributed by atoms with Gasteiger partial charge in [0, 0.05) is 24.1 Å². The highest BCUT2D eigenvalue weighted by Gasteiger charge is 2.02. The van der Waals surface area contributed by atoms with Crippen molar-refractivity contribution in [3.05, 3.63) is 29.2 Å². The van der Waals surface area contributed by atoms with Crippen LogP contribution >= 0.6 is 12.0 Å². The van der Waals surface area contributed by atoms with E-state index in [1.165, 1.54) is 12.0 Å². The summed E-state index contributed by atoms with van der Waals surface area (Å²) in [4.78, 5) is 3.97. The molecule has 0 saturated carbocycles. The first-order valence-electron chi connectivity index (χ1n) is 3.32. The van der Waals surface area contributed by atoms with Crippen LogP contribution in [0.25, 0.3) is 4.98 Å². The summed E-state index contributed by atoms with van der Waals surface area (Å²) in [5.74, 6) is 0. The van der Waals surface area contributed by atoms with Gasteiger partial charge in [0.25, 0.3) is 0 Å². The van der Waals surface area contributed by atoms with E-state index in [4.69, 9.17) is 9.68 Å². The first-order valence-corrected chi connectivity index (χ1v) is 4.06. The Balaban J connectivity index is 2.60. The Morgan fingerprint density at radius 2 is 2.08 bits per heavy atom. The minimum atomic E-state index is 0.531. The van der Waals surface area contributed by atoms with Crippen LogP contribution < -0.4 is 5.48 Å². The Morgan fingerprint density at radius 1 is 1.42 bits per heavy atom. The van der Waals surface area contributed by atoms with Gasteiger partial charge in [-0.15, -0.1) is 0 Å². The fourth-order valence-corrected chi connectivity index (χ4v) is 1.08. The molecule has 4 nitrogen and oxygen atoms in total. The van der Waals surface area contributed by atoms with Crippen molar-refractivity contribution in [2.75, 3.05) is 7.05 Å². The second-order valence-electron chi connectivity index (χ2n) is 1.96. The SMILES string of the molecule is CNOSc1ccc([N+]#N)cc1. The van der Waals surface area contributed by atoms with Gasteiger partial charge in [-0.2, -0.15) is 5.48 Å². The summed E-state index contributed by atoms with van der Waals surface area (Å²) in [6, 6.07) is 7.00. The molecule has 62 valence electrons. The molecule has 0 aliphatic heterocycles. The highest BCUT2D eigenvalue weighted by Crippen LogP contribution is 2.21. The van der Waals surface area contributed by atoms with E-state index >= 15 is 0 Å². The zero-order valence-electron chi connectivity index (χ0n) is 6.52. The summed E-state index contributed by atoms with van der Waals surface area (Å²) >= 11 is 1.21. The third kappa shape index (κ3) is 2.51. The van der Waals surface area contributed by atoms with Crippen LogP contribution in [0.3, 0.4) is 0 Å². The number of rotatable bonds is 3. The fraction of sp³-hybridized carbons (Fsp3) is 0.143. The van der Waals surface area contributed by atoms with Gasteiger partial charge in [0.15, 0.2) is 4.98 Å². The third-order valence-corrected chi connectivity index (χ3v) is 1.89. The van der Waals surface area contributed by atoms with Gasteiger partial charge in [-0.25, -0.2) is 4.28 Å². The fourth-order valence-electron chi connectivity index (χ4n) is 0.658. The Morgan fingerprint density at radius 3 is 2.58 bits per heavy atom. The van der Waals surface area contributed by atoms with Crippen LogP contribution in [0.1, 0.15) is 0 Å². The van der Waals surface area contributed by atoms with E-state index in [2.05, 4.69) is 10.5 Å². The zero-order valence-corrected chi connectivity index (χ0v) is 7.34. The molecule has 12 heavy (non-hydrogen) atoms. The normalized spacial score (nSPS) is 9.33. The van der Waals surface area contributed by atoms with Crippen LogP contribution in [0.15, 0.2) is 29.2 Å². The molecule has 0 saturated heterocycles. The Labute approximate surface area is 74.7 Å². The van der Waals surface area contributed by atoms with Crippen LogP contribution in [0, 0.1) is 5.39 Å². The van der Waals surface area contributed by atoms with Crippen LogP contribution in [0.4, 0.5) is 5.69 Å². The smallest absolute Gasteiger partial charge is 0.227 e. The number of hydrogen-bond donors (Lipinski definition) is 1. The van der Waals surface area contributed by atoms with E-state index in [9.17, 15) is 0 Å². The molecule has 0 fully saturated rings. The highest BCUT2D eigenvalue weighted by molar-refractivity contribution is 7.94. The molecule has 1 aromatic carbocycles. The summed E-state index contributed by atoms with van der Waals surface area (Å²) in [6.07, 6.45) is 0. The molecule has 0 aliphatic carbocycles. The van der Waals surface area contributed by atoms with Crippen molar-refractivity contribution in [3.63, 3.8) is 0 Å². The number of benzene rings is 1. The van der Waals surface area contributed by atoms with Gasteiger partial charge in [-0.1, -0.05) is 0 Å². The molecule has 0 atom stereocenters. The molecular weight excluding hydrogens is 174 g/mol. The molecule has 0 bridgehead atoms. The van der Waals surface area contributed by atoms with E-state index in [1.54, 1.807) is 31.3 Å². The lowest BCUT2D eigenvalue weighted by Gasteiger charge is -1.96. The minimum absolute atomic E-state index is 0.531. The molecule has 0 radical (unpaired) electrons. The van der Waals surface area contributed by atoms with E-state index in [0.717, 1.165) is 4.90 Å². The predicted molar refractivity (Wildman–Crippen MR) is 47.2 cm³/mol. The van der Waals surface area contributed by atoms with Gasteiger partial charge in [0.2, 0.25) is 5.39 Å². The molecule has 0 aliphatic rings. The van der Waals surface area contributed by atoms with Crippen LogP contribution in [-0.2, 0) is 4.28 Å². The summed E-state index contributed by atoms with van der Waals surface area (Å²) < 4.78 is 4.87. The van der Waals surface area contributed by atoms with E-state index < -0.39 is 0 Å². The minimum Gasteiger partial charge on any atom is -0.227 e. The Bertz CT molecular complexity index is 280. The van der Waals surface area contributed by atoms with Crippen molar-refractivity contribution in [3.8, 4) is 0 Å². The molecule has 0 unspecified atom stereocenters. The first kappa shape index (κ1) is 9.00. The Hall–Kier alpha value is -1.09. The lowest BCUT2D eigenvalue weighted by Crippen LogP contribution is -1.99. The standard InChI is InChI=1S/C7H8N3OS/c1-9-11-12-7-4-2-6(10-8)3-5-7/h2-5,9H,1H3/q+1. The quantitative estimate of drug-likeness (QED) is 0.443. The maximum atomic E-state index is 8.38. The summed E-state index contributed by atoms with van der Waals surface area (Å²) in [5.41, 5.74) is 3.07. The molecule has 0 spiro atoms. The van der Waals surface area contributed by atoms with Crippen molar-refractivity contribution < 1.29 is 4.28 Å². The number of hydroxylamine groups is 1. The van der Waals surface area contributed by atoms with Crippen molar-refractivity contribution in [1.82, 2.24) is 5.48 Å². The maximum Gasteiger partial charge on any atom is 0.385 e. The molecule has 1 N–H and O–H groups in total. The summed E-state index contributed by atoms with van der Waals surface area (Å²) in [6.45, 7) is 0. The topological polar surface area (TPSA) is 49.4 Å². The summed E-state index contributed by atoms with van der Waals surface area (Å²) in [5, 5.41) is 8.38. The van der Waals surface area contributed by atoms with Crippen molar-refractivity contribution >= 4 is 17.7 Å². The third-order valence-electron chi connectivity index (χ3n) is 1.17. The molecule has 1 rings (SSSR count). The molecule has 5 heteroatoms. The van der Waals surface area contributed by atoms with Gasteiger partial charge < -0.3 is 0 Å². The number of hydrogen-bond acceptors (Lipinski definition) is 4. The van der Waals surface area contributed by atoms with E-state index in [-0.39, 0.29) is 0 Å². The van der Waals surface area contributed by atoms with E-state index in [0.29, 0.717) is 5.69 Å². The maximum absolute atomic E-state index is 8.38.